The molecule has 1 N–H and O–H groups in total. The van der Waals surface area contributed by atoms with Crippen molar-refractivity contribution in [3.8, 4) is 0 Å². The van der Waals surface area contributed by atoms with Crippen LogP contribution in [0.2, 0.25) is 0 Å². The van der Waals surface area contributed by atoms with Crippen LogP contribution in [0.5, 0.6) is 0 Å². The van der Waals surface area contributed by atoms with Crippen LogP contribution in [-0.4, -0.2) is 45.6 Å². The molecule has 0 spiro atoms. The van der Waals surface area contributed by atoms with Gasteiger partial charge < -0.3 is 8.69 Å². The Hall–Kier alpha value is -2.82. The predicted molar refractivity (Wildman–Crippen MR) is 168 cm³/mol. The van der Waals surface area contributed by atoms with Crippen molar-refractivity contribution in [2.24, 2.45) is 7.05 Å². The maximum atomic E-state index is 11.4. The number of hydrogen-bond acceptors (Lipinski definition) is 5. The van der Waals surface area contributed by atoms with Gasteiger partial charge in [-0.3, -0.25) is 9.80 Å². The van der Waals surface area contributed by atoms with E-state index in [1.165, 1.54) is 98.2 Å². The van der Waals surface area contributed by atoms with Crippen LogP contribution in [0.4, 0.5) is 32.0 Å². The molecule has 0 bridgehead atoms. The number of fused-ring (bicyclic) bond motifs is 3. The number of anilines is 1. The molecule has 16 heteroatoms. The lowest BCUT2D eigenvalue weighted by atomic mass is 10.1. The second-order valence-corrected chi connectivity index (χ2v) is 14.7. The average Bonchev–Trinajstić information content (AvgIpc) is 3.55. The topological polar surface area (TPSA) is 95.0 Å². The number of aromatic nitrogens is 1. The van der Waals surface area contributed by atoms with Gasteiger partial charge in [-0.25, -0.2) is 16.8 Å². The van der Waals surface area contributed by atoms with Crippen molar-refractivity contribution in [1.29, 1.82) is 0 Å². The first-order valence-corrected chi connectivity index (χ1v) is 18.0. The van der Waals surface area contributed by atoms with Crippen molar-refractivity contribution >= 4 is 47.5 Å². The molecule has 0 radical (unpaired) electrons. The van der Waals surface area contributed by atoms with Crippen LogP contribution in [-0.2, 0) is 27.1 Å². The largest absolute Gasteiger partial charge is 0.480 e. The van der Waals surface area contributed by atoms with Crippen molar-refractivity contribution < 1.29 is 48.1 Å². The van der Waals surface area contributed by atoms with Crippen LogP contribution in [0, 0.1) is 0 Å². The summed E-state index contributed by atoms with van der Waals surface area (Å²) in [6, 6.07) is 15.6. The fourth-order valence-corrected chi connectivity index (χ4v) is 6.96. The standard InChI is InChI=1S/C28H39N3.C2F6NO4S2/c1-3-4-5-6-7-8-9-10-11-14-19-30-20-21-31(23-30)24-17-18-28-26(22-24)25-15-12-13-16-27(25)29(28)2;3-1(4,5)14(10,11)9-15(12,13)2(6,7)8/h12-13,15-18,20-22H,3-11,14,19,23H2,1-2H3;/q;-1/p+1. The number of quaternary nitrogens is 1. The maximum absolute atomic E-state index is 11.4. The molecule has 2 heterocycles. The fourth-order valence-electron chi connectivity index (χ4n) is 5.25. The number of alkyl halides is 6. The molecule has 0 fully saturated rings. The Bertz CT molecular complexity index is 1640. The van der Waals surface area contributed by atoms with Crippen LogP contribution in [0.1, 0.15) is 71.1 Å². The molecule has 1 aliphatic rings. The maximum Gasteiger partial charge on any atom is 0.480 e. The number of sulfonamides is 2. The molecule has 1 atom stereocenters. The quantitative estimate of drug-likeness (QED) is 0.140. The van der Waals surface area contributed by atoms with Crippen LogP contribution < -0.4 is 9.80 Å². The third-order valence-electron chi connectivity index (χ3n) is 7.73. The van der Waals surface area contributed by atoms with E-state index in [9.17, 15) is 43.2 Å². The van der Waals surface area contributed by atoms with Gasteiger partial charge >= 0.3 is 11.0 Å². The fraction of sp³-hybridized carbons (Fsp3) is 0.533. The summed E-state index contributed by atoms with van der Waals surface area (Å²) in [7, 11) is -11.3. The van der Waals surface area contributed by atoms with E-state index in [4.69, 9.17) is 0 Å². The number of hydrogen-bond donors (Lipinski definition) is 1. The Balaban J connectivity index is 0.000000326. The van der Waals surface area contributed by atoms with Gasteiger partial charge in [-0.2, -0.15) is 26.3 Å². The van der Waals surface area contributed by atoms with Crippen molar-refractivity contribution in [1.82, 2.24) is 4.57 Å². The number of aryl methyl sites for hydroxylation is 1. The van der Waals surface area contributed by atoms with E-state index in [0.29, 0.717) is 0 Å². The predicted octanol–water partition coefficient (Wildman–Crippen LogP) is 7.45. The highest BCUT2D eigenvalue weighted by atomic mass is 32.3. The summed E-state index contributed by atoms with van der Waals surface area (Å²) in [6.45, 7) is 4.59. The molecule has 46 heavy (non-hydrogen) atoms. The molecular weight excluding hydrogens is 658 g/mol. The molecule has 0 amide bonds. The van der Waals surface area contributed by atoms with E-state index in [1.807, 2.05) is 0 Å². The number of para-hydroxylation sites is 1. The number of benzene rings is 2. The van der Waals surface area contributed by atoms with Crippen molar-refractivity contribution in [2.45, 2.75) is 82.1 Å². The Morgan fingerprint density at radius 1 is 0.739 bits per heavy atom. The number of unbranched alkanes of at least 4 members (excludes halogenated alkanes) is 9. The van der Waals surface area contributed by atoms with Gasteiger partial charge in [0, 0.05) is 34.5 Å². The minimum Gasteiger partial charge on any atom is -0.421 e. The molecule has 0 aliphatic carbocycles. The lowest BCUT2D eigenvalue weighted by Gasteiger charge is -2.22. The van der Waals surface area contributed by atoms with E-state index < -0.39 is 31.1 Å². The van der Waals surface area contributed by atoms with E-state index >= 15 is 0 Å². The van der Waals surface area contributed by atoms with Crippen molar-refractivity contribution in [3.63, 3.8) is 0 Å². The number of rotatable bonds is 14. The molecule has 1 aliphatic heterocycles. The zero-order chi connectivity index (χ0) is 34.2. The first-order chi connectivity index (χ1) is 21.5. The SMILES string of the molecule is CCCCCCCCCCCC[NH+]1C=CN(c2ccc3c(c2)c2ccccc2n3C)C1.O=S(=O)([N-]S(=O)(=O)C(F)(F)F)C(F)(F)F. The number of halogens is 6. The minimum absolute atomic E-state index is 0.778. The summed E-state index contributed by atoms with van der Waals surface area (Å²) in [5.41, 5.74) is -8.49. The average molecular weight is 699 g/mol. The van der Waals surface area contributed by atoms with Gasteiger partial charge in [0.2, 0.25) is 0 Å². The van der Waals surface area contributed by atoms with Gasteiger partial charge in [-0.1, -0.05) is 76.5 Å². The second kappa shape index (κ2) is 15.8. The highest BCUT2D eigenvalue weighted by Gasteiger charge is 2.47. The Morgan fingerprint density at radius 3 is 1.83 bits per heavy atom. The third-order valence-corrected chi connectivity index (χ3v) is 10.5. The van der Waals surface area contributed by atoms with E-state index in [2.05, 4.69) is 78.3 Å². The molecule has 3 aromatic rings. The molecular formula is C30H40F6N4O4S2. The molecule has 4 rings (SSSR count). The summed E-state index contributed by atoms with van der Waals surface area (Å²) in [5, 5.41) is 2.70. The van der Waals surface area contributed by atoms with Gasteiger partial charge in [-0.05, 0) is 37.1 Å². The molecule has 8 nitrogen and oxygen atoms in total. The first-order valence-electron chi connectivity index (χ1n) is 15.1. The van der Waals surface area contributed by atoms with Gasteiger partial charge in [0.15, 0.2) is 26.7 Å². The lowest BCUT2D eigenvalue weighted by molar-refractivity contribution is -0.840. The van der Waals surface area contributed by atoms with Gasteiger partial charge in [0.25, 0.3) is 0 Å². The highest BCUT2D eigenvalue weighted by Crippen LogP contribution is 2.36. The molecule has 0 saturated carbocycles. The Kier molecular flexibility index (Phi) is 13.0. The Morgan fingerprint density at radius 2 is 1.26 bits per heavy atom. The van der Waals surface area contributed by atoms with Gasteiger partial charge in [0.1, 0.15) is 6.20 Å². The van der Waals surface area contributed by atoms with Gasteiger partial charge in [0.05, 0.1) is 12.7 Å². The molecule has 1 aromatic heterocycles. The third kappa shape index (κ3) is 9.84. The minimum atomic E-state index is -6.72. The number of nitrogens with zero attached hydrogens (tertiary/aromatic N) is 3. The molecule has 2 aromatic carbocycles. The summed E-state index contributed by atoms with van der Waals surface area (Å²) < 4.78 is 111. The van der Waals surface area contributed by atoms with E-state index in [-0.39, 0.29) is 0 Å². The molecule has 1 unspecified atom stereocenters. The smallest absolute Gasteiger partial charge is 0.421 e. The Labute approximate surface area is 266 Å². The van der Waals surface area contributed by atoms with Crippen LogP contribution in [0.15, 0.2) is 54.9 Å². The normalized spacial score (nSPS) is 15.9. The lowest BCUT2D eigenvalue weighted by Crippen LogP contribution is -3.07. The van der Waals surface area contributed by atoms with Gasteiger partial charge in [-0.15, -0.1) is 0 Å². The first kappa shape index (κ1) is 37.6. The van der Waals surface area contributed by atoms with Crippen LogP contribution in [0.3, 0.4) is 0 Å². The van der Waals surface area contributed by atoms with Crippen LogP contribution >= 0.6 is 0 Å². The monoisotopic (exact) mass is 698 g/mol. The zero-order valence-corrected chi connectivity index (χ0v) is 27.4. The summed E-state index contributed by atoms with van der Waals surface area (Å²) >= 11 is 0. The number of nitrogens with one attached hydrogen (secondary N) is 1. The summed E-state index contributed by atoms with van der Waals surface area (Å²) in [5.74, 6) is 0. The zero-order valence-electron chi connectivity index (χ0n) is 25.7. The van der Waals surface area contributed by atoms with Crippen LogP contribution in [0.25, 0.3) is 25.9 Å². The second-order valence-electron chi connectivity index (χ2n) is 11.2. The summed E-state index contributed by atoms with van der Waals surface area (Å²) in [6.07, 6.45) is 18.7. The van der Waals surface area contributed by atoms with Crippen molar-refractivity contribution in [2.75, 3.05) is 18.1 Å². The molecule has 258 valence electrons. The van der Waals surface area contributed by atoms with E-state index in [1.54, 1.807) is 4.90 Å². The van der Waals surface area contributed by atoms with Crippen molar-refractivity contribution in [3.05, 3.63) is 59.0 Å². The summed E-state index contributed by atoms with van der Waals surface area (Å²) in [4.78, 5) is 3.99. The highest BCUT2D eigenvalue weighted by molar-refractivity contribution is 8.13. The van der Waals surface area contributed by atoms with E-state index in [0.717, 1.165) is 10.8 Å². The molecule has 0 saturated heterocycles.